The largest absolute Gasteiger partial charge is 0.492 e. The Bertz CT molecular complexity index is 493. The zero-order valence-electron chi connectivity index (χ0n) is 11.3. The summed E-state index contributed by atoms with van der Waals surface area (Å²) < 4.78 is 5.84. The van der Waals surface area contributed by atoms with E-state index in [1.807, 2.05) is 36.4 Å². The van der Waals surface area contributed by atoms with E-state index < -0.39 is 0 Å². The van der Waals surface area contributed by atoms with E-state index in [1.165, 1.54) is 4.90 Å². The number of rotatable bonds is 7. The van der Waals surface area contributed by atoms with Crippen LogP contribution in [0, 0.1) is 0 Å². The Labute approximate surface area is 131 Å². The van der Waals surface area contributed by atoms with Crippen molar-refractivity contribution in [3.63, 3.8) is 0 Å². The molecule has 0 heterocycles. The number of halogens is 1. The number of hydrogen-bond acceptors (Lipinski definition) is 3. The molecule has 2 aromatic carbocycles. The van der Waals surface area contributed by atoms with E-state index >= 15 is 0 Å². The van der Waals surface area contributed by atoms with Crippen LogP contribution in [0.2, 0.25) is 0 Å². The molecule has 108 valence electrons. The van der Waals surface area contributed by atoms with Crippen molar-refractivity contribution >= 4 is 24.2 Å². The molecule has 0 aromatic heterocycles. The highest BCUT2D eigenvalue weighted by Crippen LogP contribution is 2.34. The summed E-state index contributed by atoms with van der Waals surface area (Å²) in [7, 11) is 0. The predicted octanol–water partition coefficient (Wildman–Crippen LogP) is 4.38. The van der Waals surface area contributed by atoms with Crippen LogP contribution in [0.4, 0.5) is 0 Å². The standard InChI is InChI=1S/C16H19NOS.ClH/c17-12-6-7-13-18-15-10-4-5-11-16(15)19-14-8-2-1-3-9-14;/h1-5,8-11H,6-7,12-13,17H2;1H. The van der Waals surface area contributed by atoms with Crippen molar-refractivity contribution in [3.8, 4) is 5.75 Å². The summed E-state index contributed by atoms with van der Waals surface area (Å²) in [6.07, 6.45) is 2.01. The fourth-order valence-corrected chi connectivity index (χ4v) is 2.62. The van der Waals surface area contributed by atoms with Gasteiger partial charge in [0.15, 0.2) is 0 Å². The summed E-state index contributed by atoms with van der Waals surface area (Å²) >= 11 is 1.73. The van der Waals surface area contributed by atoms with Gasteiger partial charge in [-0.2, -0.15) is 0 Å². The summed E-state index contributed by atoms with van der Waals surface area (Å²) in [6.45, 7) is 1.45. The van der Waals surface area contributed by atoms with Gasteiger partial charge in [0, 0.05) is 4.90 Å². The Balaban J connectivity index is 0.00000200. The first kappa shape index (κ1) is 16.9. The van der Waals surface area contributed by atoms with Crippen LogP contribution in [0.25, 0.3) is 0 Å². The van der Waals surface area contributed by atoms with Gasteiger partial charge in [0.05, 0.1) is 11.5 Å². The molecule has 0 atom stereocenters. The van der Waals surface area contributed by atoms with E-state index in [0.717, 1.165) is 36.6 Å². The molecule has 0 saturated heterocycles. The van der Waals surface area contributed by atoms with Crippen LogP contribution in [0.5, 0.6) is 5.75 Å². The zero-order chi connectivity index (χ0) is 13.3. The normalized spacial score (nSPS) is 9.85. The molecular weight excluding hydrogens is 290 g/mol. The molecule has 0 fully saturated rings. The lowest BCUT2D eigenvalue weighted by Gasteiger charge is -2.10. The fraction of sp³-hybridized carbons (Fsp3) is 0.250. The third-order valence-corrected chi connectivity index (χ3v) is 3.74. The lowest BCUT2D eigenvalue weighted by molar-refractivity contribution is 0.301. The number of hydrogen-bond donors (Lipinski definition) is 1. The van der Waals surface area contributed by atoms with Crippen LogP contribution in [0.1, 0.15) is 12.8 Å². The maximum absolute atomic E-state index is 5.84. The molecular formula is C16H20ClNOS. The number of benzene rings is 2. The van der Waals surface area contributed by atoms with Crippen LogP contribution in [-0.2, 0) is 0 Å². The monoisotopic (exact) mass is 309 g/mol. The molecule has 0 spiro atoms. The summed E-state index contributed by atoms with van der Waals surface area (Å²) in [5.41, 5.74) is 5.48. The lowest BCUT2D eigenvalue weighted by Crippen LogP contribution is -2.03. The van der Waals surface area contributed by atoms with Gasteiger partial charge in [-0.05, 0) is 43.7 Å². The van der Waals surface area contributed by atoms with Crippen LogP contribution < -0.4 is 10.5 Å². The van der Waals surface area contributed by atoms with Crippen LogP contribution in [-0.4, -0.2) is 13.2 Å². The highest BCUT2D eigenvalue weighted by molar-refractivity contribution is 7.99. The Hall–Kier alpha value is -1.16. The average Bonchev–Trinajstić information content (AvgIpc) is 2.46. The van der Waals surface area contributed by atoms with Gasteiger partial charge in [-0.15, -0.1) is 12.4 Å². The van der Waals surface area contributed by atoms with Crippen LogP contribution in [0.3, 0.4) is 0 Å². The SMILES string of the molecule is Cl.NCCCCOc1ccccc1Sc1ccccc1. The first-order valence-electron chi connectivity index (χ1n) is 6.55. The molecule has 4 heteroatoms. The molecule has 2 rings (SSSR count). The van der Waals surface area contributed by atoms with Gasteiger partial charge >= 0.3 is 0 Å². The molecule has 0 aliphatic heterocycles. The Morgan fingerprint density at radius 2 is 1.60 bits per heavy atom. The number of ether oxygens (including phenoxy) is 1. The van der Waals surface area contributed by atoms with E-state index in [-0.39, 0.29) is 12.4 Å². The maximum atomic E-state index is 5.84. The third kappa shape index (κ3) is 5.45. The van der Waals surface area contributed by atoms with Gasteiger partial charge in [0.25, 0.3) is 0 Å². The molecule has 2 nitrogen and oxygen atoms in total. The van der Waals surface area contributed by atoms with E-state index in [0.29, 0.717) is 0 Å². The Kier molecular flexibility index (Phi) is 8.19. The molecule has 0 aliphatic carbocycles. The van der Waals surface area contributed by atoms with Crippen LogP contribution in [0.15, 0.2) is 64.4 Å². The summed E-state index contributed by atoms with van der Waals surface area (Å²) in [5.74, 6) is 0.952. The molecule has 2 N–H and O–H groups in total. The van der Waals surface area contributed by atoms with Crippen molar-refractivity contribution in [1.29, 1.82) is 0 Å². The first-order valence-corrected chi connectivity index (χ1v) is 7.36. The number of para-hydroxylation sites is 1. The van der Waals surface area contributed by atoms with E-state index in [1.54, 1.807) is 11.8 Å². The van der Waals surface area contributed by atoms with Gasteiger partial charge < -0.3 is 10.5 Å². The van der Waals surface area contributed by atoms with Gasteiger partial charge in [0.1, 0.15) is 5.75 Å². The minimum atomic E-state index is 0. The maximum Gasteiger partial charge on any atom is 0.133 e. The fourth-order valence-electron chi connectivity index (χ4n) is 1.70. The molecule has 20 heavy (non-hydrogen) atoms. The second kappa shape index (κ2) is 9.70. The van der Waals surface area contributed by atoms with Crippen molar-refractivity contribution in [2.45, 2.75) is 22.6 Å². The lowest BCUT2D eigenvalue weighted by atomic mass is 10.3. The minimum Gasteiger partial charge on any atom is -0.492 e. The smallest absolute Gasteiger partial charge is 0.133 e. The molecule has 0 bridgehead atoms. The van der Waals surface area contributed by atoms with E-state index in [9.17, 15) is 0 Å². The average molecular weight is 310 g/mol. The second-order valence-corrected chi connectivity index (χ2v) is 5.32. The highest BCUT2D eigenvalue weighted by Gasteiger charge is 2.04. The molecule has 0 radical (unpaired) electrons. The van der Waals surface area contributed by atoms with Gasteiger partial charge in [-0.1, -0.05) is 42.1 Å². The van der Waals surface area contributed by atoms with E-state index in [4.69, 9.17) is 10.5 Å². The minimum absolute atomic E-state index is 0. The highest BCUT2D eigenvalue weighted by atomic mass is 35.5. The number of unbranched alkanes of at least 4 members (excludes halogenated alkanes) is 1. The topological polar surface area (TPSA) is 35.2 Å². The Morgan fingerprint density at radius 3 is 2.35 bits per heavy atom. The molecule has 0 amide bonds. The number of nitrogens with two attached hydrogens (primary N) is 1. The molecule has 0 unspecified atom stereocenters. The predicted molar refractivity (Wildman–Crippen MR) is 88.0 cm³/mol. The zero-order valence-corrected chi connectivity index (χ0v) is 13.0. The van der Waals surface area contributed by atoms with Crippen molar-refractivity contribution in [2.24, 2.45) is 5.73 Å². The van der Waals surface area contributed by atoms with Crippen molar-refractivity contribution < 1.29 is 4.74 Å². The molecule has 2 aromatic rings. The summed E-state index contributed by atoms with van der Waals surface area (Å²) in [4.78, 5) is 2.38. The van der Waals surface area contributed by atoms with Gasteiger partial charge in [0.2, 0.25) is 0 Å². The third-order valence-electron chi connectivity index (χ3n) is 2.68. The second-order valence-electron chi connectivity index (χ2n) is 4.21. The van der Waals surface area contributed by atoms with Crippen molar-refractivity contribution in [2.75, 3.05) is 13.2 Å². The quantitative estimate of drug-likeness (QED) is 0.771. The van der Waals surface area contributed by atoms with Gasteiger partial charge in [-0.25, -0.2) is 0 Å². The summed E-state index contributed by atoms with van der Waals surface area (Å²) in [5, 5.41) is 0. The van der Waals surface area contributed by atoms with E-state index in [2.05, 4.69) is 18.2 Å². The molecule has 0 saturated carbocycles. The molecule has 0 aliphatic rings. The first-order chi connectivity index (χ1) is 9.40. The van der Waals surface area contributed by atoms with Gasteiger partial charge in [-0.3, -0.25) is 0 Å². The van der Waals surface area contributed by atoms with Crippen molar-refractivity contribution in [1.82, 2.24) is 0 Å². The summed E-state index contributed by atoms with van der Waals surface area (Å²) in [6, 6.07) is 18.5. The Morgan fingerprint density at radius 1 is 0.900 bits per heavy atom. The van der Waals surface area contributed by atoms with Crippen LogP contribution >= 0.6 is 24.2 Å². The van der Waals surface area contributed by atoms with Crippen molar-refractivity contribution in [3.05, 3.63) is 54.6 Å².